The highest BCUT2D eigenvalue weighted by molar-refractivity contribution is 9.10. The summed E-state index contributed by atoms with van der Waals surface area (Å²) in [7, 11) is 0. The molecule has 1 rings (SSSR count). The van der Waals surface area contributed by atoms with Gasteiger partial charge in [-0.25, -0.2) is 4.39 Å². The van der Waals surface area contributed by atoms with Crippen LogP contribution in [-0.4, -0.2) is 24.1 Å². The Morgan fingerprint density at radius 1 is 1.32 bits per heavy atom. The van der Waals surface area contributed by atoms with Crippen LogP contribution in [0.25, 0.3) is 0 Å². The van der Waals surface area contributed by atoms with Crippen molar-refractivity contribution < 1.29 is 4.39 Å². The summed E-state index contributed by atoms with van der Waals surface area (Å²) in [6, 6.07) is 5.74. The standard InChI is InChI=1S/C15H23BrFNS/c1-4-18-13(10-19-9-11(2)3)7-12-5-6-15(17)14(16)8-12/h5-6,8,11,13,18H,4,7,9-10H2,1-3H3. The summed E-state index contributed by atoms with van der Waals surface area (Å²) >= 11 is 5.23. The number of thioether (sulfide) groups is 1. The lowest BCUT2D eigenvalue weighted by molar-refractivity contribution is 0.569. The summed E-state index contributed by atoms with van der Waals surface area (Å²) in [5, 5.41) is 3.51. The number of hydrogen-bond acceptors (Lipinski definition) is 2. The normalized spacial score (nSPS) is 12.9. The molecular weight excluding hydrogens is 325 g/mol. The highest BCUT2D eigenvalue weighted by Gasteiger charge is 2.10. The lowest BCUT2D eigenvalue weighted by Crippen LogP contribution is -2.33. The van der Waals surface area contributed by atoms with Crippen molar-refractivity contribution in [3.05, 3.63) is 34.1 Å². The quantitative estimate of drug-likeness (QED) is 0.742. The van der Waals surface area contributed by atoms with Crippen molar-refractivity contribution in [1.82, 2.24) is 5.32 Å². The van der Waals surface area contributed by atoms with Crippen LogP contribution in [0.15, 0.2) is 22.7 Å². The second kappa shape index (κ2) is 8.98. The monoisotopic (exact) mass is 347 g/mol. The van der Waals surface area contributed by atoms with E-state index in [0.29, 0.717) is 10.5 Å². The van der Waals surface area contributed by atoms with Crippen molar-refractivity contribution in [3.63, 3.8) is 0 Å². The molecule has 1 nitrogen and oxygen atoms in total. The van der Waals surface area contributed by atoms with E-state index in [9.17, 15) is 4.39 Å². The van der Waals surface area contributed by atoms with E-state index in [0.717, 1.165) is 24.6 Å². The van der Waals surface area contributed by atoms with Crippen LogP contribution in [0.2, 0.25) is 0 Å². The molecule has 108 valence electrons. The number of hydrogen-bond donors (Lipinski definition) is 1. The van der Waals surface area contributed by atoms with Gasteiger partial charge in [0, 0.05) is 11.8 Å². The topological polar surface area (TPSA) is 12.0 Å². The second-order valence-corrected chi connectivity index (χ2v) is 7.07. The molecule has 0 fully saturated rings. The molecule has 0 spiro atoms. The molecule has 1 N–H and O–H groups in total. The van der Waals surface area contributed by atoms with Gasteiger partial charge in [0.1, 0.15) is 5.82 Å². The number of likely N-dealkylation sites (N-methyl/N-ethyl adjacent to an activating group) is 1. The minimum absolute atomic E-state index is 0.196. The molecular formula is C15H23BrFNS. The van der Waals surface area contributed by atoms with Gasteiger partial charge in [0.25, 0.3) is 0 Å². The van der Waals surface area contributed by atoms with Crippen molar-refractivity contribution in [2.45, 2.75) is 33.2 Å². The van der Waals surface area contributed by atoms with E-state index >= 15 is 0 Å². The zero-order chi connectivity index (χ0) is 14.3. The van der Waals surface area contributed by atoms with Gasteiger partial charge in [0.15, 0.2) is 0 Å². The van der Waals surface area contributed by atoms with Crippen LogP contribution in [0.4, 0.5) is 4.39 Å². The largest absolute Gasteiger partial charge is 0.313 e. The first kappa shape index (κ1) is 17.0. The molecule has 0 bridgehead atoms. The first-order chi connectivity index (χ1) is 9.02. The Bertz CT molecular complexity index is 384. The van der Waals surface area contributed by atoms with Crippen molar-refractivity contribution in [1.29, 1.82) is 0 Å². The second-order valence-electron chi connectivity index (χ2n) is 5.14. The van der Waals surface area contributed by atoms with E-state index < -0.39 is 0 Å². The molecule has 0 aliphatic carbocycles. The van der Waals surface area contributed by atoms with Crippen LogP contribution in [0.5, 0.6) is 0 Å². The van der Waals surface area contributed by atoms with Crippen molar-refractivity contribution >= 4 is 27.7 Å². The van der Waals surface area contributed by atoms with Gasteiger partial charge in [-0.1, -0.05) is 26.8 Å². The van der Waals surface area contributed by atoms with Crippen molar-refractivity contribution in [2.75, 3.05) is 18.1 Å². The minimum Gasteiger partial charge on any atom is -0.313 e. The Balaban J connectivity index is 2.54. The summed E-state index contributed by atoms with van der Waals surface area (Å²) in [6.45, 7) is 7.58. The Morgan fingerprint density at radius 3 is 2.63 bits per heavy atom. The Kier molecular flexibility index (Phi) is 8.03. The van der Waals surface area contributed by atoms with Crippen molar-refractivity contribution in [2.24, 2.45) is 5.92 Å². The van der Waals surface area contributed by atoms with Gasteiger partial charge in [-0.3, -0.25) is 0 Å². The highest BCUT2D eigenvalue weighted by atomic mass is 79.9. The van der Waals surface area contributed by atoms with E-state index in [4.69, 9.17) is 0 Å². The number of halogens is 2. The zero-order valence-electron chi connectivity index (χ0n) is 11.9. The third-order valence-electron chi connectivity index (χ3n) is 2.73. The van der Waals surface area contributed by atoms with Gasteiger partial charge in [0.05, 0.1) is 4.47 Å². The first-order valence-corrected chi connectivity index (χ1v) is 8.72. The fraction of sp³-hybridized carbons (Fsp3) is 0.600. The molecule has 0 saturated carbocycles. The van der Waals surface area contributed by atoms with Crippen LogP contribution < -0.4 is 5.32 Å². The van der Waals surface area contributed by atoms with E-state index in [1.807, 2.05) is 23.9 Å². The van der Waals surface area contributed by atoms with E-state index in [-0.39, 0.29) is 5.82 Å². The molecule has 1 atom stereocenters. The third kappa shape index (κ3) is 6.77. The minimum atomic E-state index is -0.196. The maximum absolute atomic E-state index is 13.2. The smallest absolute Gasteiger partial charge is 0.137 e. The SMILES string of the molecule is CCNC(CSCC(C)C)Cc1ccc(F)c(Br)c1. The number of rotatable bonds is 8. The fourth-order valence-corrected chi connectivity index (χ4v) is 3.43. The van der Waals surface area contributed by atoms with Crippen molar-refractivity contribution in [3.8, 4) is 0 Å². The van der Waals surface area contributed by atoms with E-state index in [1.165, 1.54) is 17.4 Å². The highest BCUT2D eigenvalue weighted by Crippen LogP contribution is 2.19. The lowest BCUT2D eigenvalue weighted by atomic mass is 10.1. The van der Waals surface area contributed by atoms with Crippen LogP contribution in [0.1, 0.15) is 26.3 Å². The Morgan fingerprint density at radius 2 is 2.05 bits per heavy atom. The maximum Gasteiger partial charge on any atom is 0.137 e. The summed E-state index contributed by atoms with van der Waals surface area (Å²) in [5.74, 6) is 2.82. The number of nitrogens with one attached hydrogen (secondary N) is 1. The van der Waals surface area contributed by atoms with Gasteiger partial charge in [-0.2, -0.15) is 11.8 Å². The molecule has 0 heterocycles. The summed E-state index contributed by atoms with van der Waals surface area (Å²) < 4.78 is 13.8. The molecule has 0 saturated heterocycles. The van der Waals surface area contributed by atoms with Gasteiger partial charge in [-0.05, 0) is 58.3 Å². The fourth-order valence-electron chi connectivity index (χ4n) is 1.88. The van der Waals surface area contributed by atoms with E-state index in [1.54, 1.807) is 0 Å². The lowest BCUT2D eigenvalue weighted by Gasteiger charge is -2.18. The Labute approximate surface area is 128 Å². The molecule has 0 amide bonds. The molecule has 19 heavy (non-hydrogen) atoms. The van der Waals surface area contributed by atoms with Gasteiger partial charge in [-0.15, -0.1) is 0 Å². The molecule has 0 aromatic heterocycles. The predicted molar refractivity (Wildman–Crippen MR) is 87.4 cm³/mol. The summed E-state index contributed by atoms with van der Waals surface area (Å²) in [6.07, 6.45) is 0.942. The van der Waals surface area contributed by atoms with E-state index in [2.05, 4.69) is 42.0 Å². The average molecular weight is 348 g/mol. The van der Waals surface area contributed by atoms with Gasteiger partial charge >= 0.3 is 0 Å². The van der Waals surface area contributed by atoms with Crippen LogP contribution in [0, 0.1) is 11.7 Å². The van der Waals surface area contributed by atoms with Gasteiger partial charge in [0.2, 0.25) is 0 Å². The summed E-state index contributed by atoms with van der Waals surface area (Å²) in [5.41, 5.74) is 1.17. The molecule has 1 aromatic rings. The molecule has 0 aliphatic rings. The Hall–Kier alpha value is -0.0600. The predicted octanol–water partition coefficient (Wildman–Crippen LogP) is 4.50. The first-order valence-electron chi connectivity index (χ1n) is 6.78. The molecule has 4 heteroatoms. The molecule has 0 aliphatic heterocycles. The van der Waals surface area contributed by atoms with Crippen LogP contribution in [0.3, 0.4) is 0 Å². The van der Waals surface area contributed by atoms with Gasteiger partial charge < -0.3 is 5.32 Å². The maximum atomic E-state index is 13.2. The molecule has 1 unspecified atom stereocenters. The molecule has 1 aromatic carbocycles. The third-order valence-corrected chi connectivity index (χ3v) is 4.88. The number of benzene rings is 1. The average Bonchev–Trinajstić information content (AvgIpc) is 2.33. The van der Waals surface area contributed by atoms with Crippen LogP contribution >= 0.6 is 27.7 Å². The zero-order valence-corrected chi connectivity index (χ0v) is 14.3. The molecule has 0 radical (unpaired) electrons. The summed E-state index contributed by atoms with van der Waals surface area (Å²) in [4.78, 5) is 0. The van der Waals surface area contributed by atoms with Crippen LogP contribution in [-0.2, 0) is 6.42 Å².